The van der Waals surface area contributed by atoms with Gasteiger partial charge in [0.25, 0.3) is 0 Å². The molecule has 6 rings (SSSR count). The van der Waals surface area contributed by atoms with Crippen molar-refractivity contribution >= 4 is 16.9 Å². The molecular weight excluding hydrogens is 484 g/mol. The van der Waals surface area contributed by atoms with Crippen molar-refractivity contribution in [2.24, 2.45) is 17.6 Å². The van der Waals surface area contributed by atoms with Gasteiger partial charge in [-0.3, -0.25) is 0 Å². The second kappa shape index (κ2) is 10.5. The van der Waals surface area contributed by atoms with E-state index in [0.29, 0.717) is 24.6 Å². The lowest BCUT2D eigenvalue weighted by atomic mass is 9.73. The van der Waals surface area contributed by atoms with Crippen LogP contribution in [-0.2, 0) is 13.0 Å². The van der Waals surface area contributed by atoms with Gasteiger partial charge in [0.1, 0.15) is 12.4 Å². The summed E-state index contributed by atoms with van der Waals surface area (Å²) in [5.74, 6) is 2.07. The van der Waals surface area contributed by atoms with Gasteiger partial charge in [-0.05, 0) is 77.1 Å². The van der Waals surface area contributed by atoms with Gasteiger partial charge in [-0.25, -0.2) is 4.79 Å². The molecule has 0 spiro atoms. The van der Waals surface area contributed by atoms with Crippen molar-refractivity contribution in [3.8, 4) is 16.9 Å². The molecule has 1 saturated carbocycles. The predicted octanol–water partition coefficient (Wildman–Crippen LogP) is 7.57. The molecule has 4 aromatic rings. The zero-order chi connectivity index (χ0) is 27.1. The van der Waals surface area contributed by atoms with Crippen molar-refractivity contribution in [3.63, 3.8) is 0 Å². The van der Waals surface area contributed by atoms with E-state index >= 15 is 0 Å². The van der Waals surface area contributed by atoms with E-state index in [9.17, 15) is 9.90 Å². The van der Waals surface area contributed by atoms with Crippen LogP contribution in [0.5, 0.6) is 5.75 Å². The number of aromatic carboxylic acids is 1. The predicted molar refractivity (Wildman–Crippen MR) is 156 cm³/mol. The number of carboxylic acid groups (broad SMARTS) is 1. The van der Waals surface area contributed by atoms with Crippen LogP contribution in [0.1, 0.15) is 78.5 Å². The molecule has 3 atom stereocenters. The van der Waals surface area contributed by atoms with Crippen molar-refractivity contribution in [1.29, 1.82) is 0 Å². The molecule has 1 fully saturated rings. The first-order chi connectivity index (χ1) is 18.9. The molecule has 1 aromatic heterocycles. The number of carbonyl (C=O) groups is 1. The second-order valence-corrected chi connectivity index (χ2v) is 11.7. The molecule has 2 heterocycles. The summed E-state index contributed by atoms with van der Waals surface area (Å²) in [5.41, 5.74) is 13.5. The normalized spacial score (nSPS) is 18.4. The van der Waals surface area contributed by atoms with Gasteiger partial charge in [0.15, 0.2) is 0 Å². The SMILES string of the molecule is CC(CC(C)C1CCC1)c1cc(CCn2ccc3cccc(C(=O)O)c32)cc(-c2ccc3c(c2)C(N)CO3)c1. The number of carboxylic acids is 1. The topological polar surface area (TPSA) is 77.5 Å². The van der Waals surface area contributed by atoms with Crippen molar-refractivity contribution in [3.05, 3.63) is 89.1 Å². The Balaban J connectivity index is 1.33. The quantitative estimate of drug-likeness (QED) is 0.238. The summed E-state index contributed by atoms with van der Waals surface area (Å²) in [4.78, 5) is 11.9. The molecule has 1 aliphatic carbocycles. The van der Waals surface area contributed by atoms with E-state index < -0.39 is 5.97 Å². The molecule has 3 N–H and O–H groups in total. The van der Waals surface area contributed by atoms with Crippen molar-refractivity contribution < 1.29 is 14.6 Å². The highest BCUT2D eigenvalue weighted by Gasteiger charge is 2.26. The fourth-order valence-corrected chi connectivity index (χ4v) is 6.50. The minimum atomic E-state index is -0.891. The van der Waals surface area contributed by atoms with Crippen LogP contribution in [0.2, 0.25) is 0 Å². The molecule has 0 radical (unpaired) electrons. The number of para-hydroxylation sites is 1. The van der Waals surface area contributed by atoms with Gasteiger partial charge in [0, 0.05) is 23.7 Å². The van der Waals surface area contributed by atoms with Crippen molar-refractivity contribution in [2.45, 2.75) is 64.5 Å². The molecule has 1 aliphatic heterocycles. The van der Waals surface area contributed by atoms with E-state index in [4.69, 9.17) is 10.5 Å². The first-order valence-electron chi connectivity index (χ1n) is 14.3. The highest BCUT2D eigenvalue weighted by atomic mass is 16.5. The number of hydrogen-bond donors (Lipinski definition) is 2. The van der Waals surface area contributed by atoms with Gasteiger partial charge in [-0.15, -0.1) is 0 Å². The molecule has 5 nitrogen and oxygen atoms in total. The molecule has 202 valence electrons. The highest BCUT2D eigenvalue weighted by Crippen LogP contribution is 2.40. The van der Waals surface area contributed by atoms with E-state index in [-0.39, 0.29) is 6.04 Å². The molecule has 3 unspecified atom stereocenters. The lowest BCUT2D eigenvalue weighted by Gasteiger charge is -2.33. The van der Waals surface area contributed by atoms with E-state index in [2.05, 4.69) is 48.7 Å². The van der Waals surface area contributed by atoms with Gasteiger partial charge >= 0.3 is 5.97 Å². The average molecular weight is 523 g/mol. The van der Waals surface area contributed by atoms with Gasteiger partial charge in [0.2, 0.25) is 0 Å². The maximum Gasteiger partial charge on any atom is 0.337 e. The van der Waals surface area contributed by atoms with Crippen molar-refractivity contribution in [1.82, 2.24) is 4.57 Å². The number of ether oxygens (including phenoxy) is 1. The standard InChI is InChI=1S/C34H38N2O3/c1-21(24-5-3-6-24)15-22(2)27-16-23(11-13-36-14-12-25-7-4-8-29(33(25)36)34(37)38)17-28(18-27)26-9-10-32-30(19-26)31(35)20-39-32/h4,7-10,12,14,16-19,21-22,24,31H,3,5-6,11,13,15,20,35H2,1-2H3,(H,37,38). The number of nitrogens with two attached hydrogens (primary N) is 1. The van der Waals surface area contributed by atoms with Crippen molar-refractivity contribution in [2.75, 3.05) is 6.61 Å². The van der Waals surface area contributed by atoms with Crippen LogP contribution in [0.3, 0.4) is 0 Å². The Bertz CT molecular complexity index is 1520. The highest BCUT2D eigenvalue weighted by molar-refractivity contribution is 6.02. The third kappa shape index (κ3) is 5.08. The van der Waals surface area contributed by atoms with E-state index in [1.807, 2.05) is 30.5 Å². The lowest BCUT2D eigenvalue weighted by molar-refractivity contribution is 0.0698. The maximum absolute atomic E-state index is 11.9. The fraction of sp³-hybridized carbons (Fsp3) is 0.382. The summed E-state index contributed by atoms with van der Waals surface area (Å²) < 4.78 is 7.82. The summed E-state index contributed by atoms with van der Waals surface area (Å²) in [6.07, 6.45) is 8.15. The molecule has 2 aliphatic rings. The van der Waals surface area contributed by atoms with E-state index in [0.717, 1.165) is 46.0 Å². The van der Waals surface area contributed by atoms with Crippen LogP contribution in [0.4, 0.5) is 0 Å². The molecule has 0 saturated heterocycles. The van der Waals surface area contributed by atoms with Gasteiger partial charge in [0.05, 0.1) is 17.1 Å². The van der Waals surface area contributed by atoms with Gasteiger partial charge in [-0.2, -0.15) is 0 Å². The molecule has 39 heavy (non-hydrogen) atoms. The number of aromatic nitrogens is 1. The summed E-state index contributed by atoms with van der Waals surface area (Å²) in [6, 6.07) is 20.8. The van der Waals surface area contributed by atoms with Gasteiger partial charge in [-0.1, -0.05) is 69.5 Å². The smallest absolute Gasteiger partial charge is 0.337 e. The lowest BCUT2D eigenvalue weighted by Crippen LogP contribution is -2.21. The molecule has 3 aromatic carbocycles. The summed E-state index contributed by atoms with van der Waals surface area (Å²) in [6.45, 7) is 6.03. The number of hydrogen-bond acceptors (Lipinski definition) is 3. The number of aryl methyl sites for hydroxylation is 2. The Labute approximate surface area is 230 Å². The Kier molecular flexibility index (Phi) is 6.94. The Hall–Kier alpha value is -3.57. The zero-order valence-corrected chi connectivity index (χ0v) is 22.9. The van der Waals surface area contributed by atoms with E-state index in [1.165, 1.54) is 42.4 Å². The monoisotopic (exact) mass is 522 g/mol. The number of fused-ring (bicyclic) bond motifs is 2. The summed E-state index contributed by atoms with van der Waals surface area (Å²) >= 11 is 0. The van der Waals surface area contributed by atoms with Crippen LogP contribution in [0, 0.1) is 11.8 Å². The zero-order valence-electron chi connectivity index (χ0n) is 22.9. The third-order valence-corrected chi connectivity index (χ3v) is 9.09. The van der Waals surface area contributed by atoms with Crippen LogP contribution >= 0.6 is 0 Å². The average Bonchev–Trinajstić information content (AvgIpc) is 3.49. The largest absolute Gasteiger partial charge is 0.491 e. The van der Waals surface area contributed by atoms with Gasteiger partial charge < -0.3 is 20.1 Å². The molecule has 0 amide bonds. The first kappa shape index (κ1) is 25.7. The third-order valence-electron chi connectivity index (χ3n) is 9.09. The Morgan fingerprint density at radius 2 is 1.92 bits per heavy atom. The Morgan fingerprint density at radius 3 is 2.69 bits per heavy atom. The van der Waals surface area contributed by atoms with Crippen LogP contribution < -0.4 is 10.5 Å². The second-order valence-electron chi connectivity index (χ2n) is 11.7. The van der Waals surface area contributed by atoms with Crippen LogP contribution in [-0.4, -0.2) is 22.2 Å². The van der Waals surface area contributed by atoms with Crippen LogP contribution in [0.25, 0.3) is 22.0 Å². The Morgan fingerprint density at radius 1 is 1.08 bits per heavy atom. The first-order valence-corrected chi connectivity index (χ1v) is 14.3. The van der Waals surface area contributed by atoms with E-state index in [1.54, 1.807) is 6.07 Å². The maximum atomic E-state index is 11.9. The van der Waals surface area contributed by atoms with Crippen LogP contribution in [0.15, 0.2) is 66.9 Å². The number of benzene rings is 3. The summed E-state index contributed by atoms with van der Waals surface area (Å²) in [5, 5.41) is 10.7. The molecule has 5 heteroatoms. The fourth-order valence-electron chi connectivity index (χ4n) is 6.50. The number of nitrogens with zero attached hydrogens (tertiary/aromatic N) is 1. The molecular formula is C34H38N2O3. The minimum absolute atomic E-state index is 0.0877. The molecule has 0 bridgehead atoms. The summed E-state index contributed by atoms with van der Waals surface area (Å²) in [7, 11) is 0. The minimum Gasteiger partial charge on any atom is -0.491 e. The number of rotatable bonds is 9.